The molecule has 0 saturated heterocycles. The van der Waals surface area contributed by atoms with Crippen LogP contribution in [0.5, 0.6) is 5.75 Å². The highest BCUT2D eigenvalue weighted by Gasteiger charge is 2.31. The van der Waals surface area contributed by atoms with Crippen LogP contribution in [0.4, 0.5) is 13.2 Å². The topological polar surface area (TPSA) is 84.9 Å². The van der Waals surface area contributed by atoms with Crippen LogP contribution in [0.25, 0.3) is 11.1 Å². The van der Waals surface area contributed by atoms with Gasteiger partial charge in [-0.25, -0.2) is 0 Å². The Kier molecular flexibility index (Phi) is 10.2. The standard InChI is InChI=1S/C28H27ClF3NO5/c1-37-25-8-5-18(15-26(34)35)14-24(25)23-7-6-21(28(30,31)32)16-20(23)9-11-33-12-10-27(36)38-17-19-3-2-4-22(29)13-19/h2-8,13-14,16,33H,9-12,15,17H2,1H3,(H,34,35). The molecule has 3 rings (SSSR count). The number of hydrogen-bond acceptors (Lipinski definition) is 5. The van der Waals surface area contributed by atoms with Gasteiger partial charge in [0.2, 0.25) is 0 Å². The molecule has 0 bridgehead atoms. The molecule has 0 spiro atoms. The molecule has 0 heterocycles. The predicted molar refractivity (Wildman–Crippen MR) is 137 cm³/mol. The first-order chi connectivity index (χ1) is 18.1. The van der Waals surface area contributed by atoms with Crippen molar-refractivity contribution in [1.29, 1.82) is 0 Å². The lowest BCUT2D eigenvalue weighted by atomic mass is 9.93. The molecule has 0 aliphatic carbocycles. The molecule has 0 fully saturated rings. The van der Waals surface area contributed by atoms with Gasteiger partial charge in [0, 0.05) is 17.1 Å². The van der Waals surface area contributed by atoms with Crippen molar-refractivity contribution >= 4 is 23.5 Å². The van der Waals surface area contributed by atoms with Crippen LogP contribution in [-0.4, -0.2) is 37.2 Å². The minimum absolute atomic E-state index is 0.0844. The molecule has 2 N–H and O–H groups in total. The number of methoxy groups -OCH3 is 1. The Labute approximate surface area is 223 Å². The SMILES string of the molecule is COc1ccc(CC(=O)O)cc1-c1ccc(C(F)(F)F)cc1CCNCCC(=O)OCc1cccc(Cl)c1. The minimum Gasteiger partial charge on any atom is -0.496 e. The number of carboxylic acid groups (broad SMARTS) is 1. The molecule has 0 aliphatic heterocycles. The molecule has 0 amide bonds. The van der Waals surface area contributed by atoms with E-state index in [4.69, 9.17) is 26.2 Å². The fourth-order valence-electron chi connectivity index (χ4n) is 3.89. The van der Waals surface area contributed by atoms with Crippen LogP contribution in [-0.2, 0) is 40.0 Å². The molecule has 0 aromatic heterocycles. The van der Waals surface area contributed by atoms with Gasteiger partial charge in [0.15, 0.2) is 0 Å². The quantitative estimate of drug-likeness (QED) is 0.215. The monoisotopic (exact) mass is 549 g/mol. The number of hydrogen-bond donors (Lipinski definition) is 2. The average molecular weight is 550 g/mol. The normalized spacial score (nSPS) is 11.3. The van der Waals surface area contributed by atoms with Gasteiger partial charge < -0.3 is 19.9 Å². The summed E-state index contributed by atoms with van der Waals surface area (Å²) in [4.78, 5) is 23.2. The van der Waals surface area contributed by atoms with Crippen molar-refractivity contribution in [3.63, 3.8) is 0 Å². The molecular weight excluding hydrogens is 523 g/mol. The summed E-state index contributed by atoms with van der Waals surface area (Å²) in [5, 5.41) is 12.7. The molecule has 0 atom stereocenters. The number of ether oxygens (including phenoxy) is 2. The summed E-state index contributed by atoms with van der Waals surface area (Å²) in [6.45, 7) is 0.670. The van der Waals surface area contributed by atoms with Gasteiger partial charge in [0.05, 0.1) is 25.5 Å². The number of benzene rings is 3. The number of carbonyl (C=O) groups is 2. The maximum atomic E-state index is 13.4. The van der Waals surface area contributed by atoms with Gasteiger partial charge in [-0.05, 0) is 71.6 Å². The summed E-state index contributed by atoms with van der Waals surface area (Å²) in [5.41, 5.74) is 1.87. The van der Waals surface area contributed by atoms with Crippen LogP contribution in [0, 0.1) is 0 Å². The molecule has 6 nitrogen and oxygen atoms in total. The first-order valence-corrected chi connectivity index (χ1v) is 12.1. The van der Waals surface area contributed by atoms with E-state index in [1.54, 1.807) is 42.5 Å². The second-order valence-corrected chi connectivity index (χ2v) is 8.95. The molecule has 0 unspecified atom stereocenters. The third-order valence-electron chi connectivity index (χ3n) is 5.71. The van der Waals surface area contributed by atoms with E-state index in [2.05, 4.69) is 5.32 Å². The zero-order chi connectivity index (χ0) is 27.7. The fourth-order valence-corrected chi connectivity index (χ4v) is 4.10. The minimum atomic E-state index is -4.53. The fraction of sp³-hybridized carbons (Fsp3) is 0.286. The lowest BCUT2D eigenvalue weighted by Gasteiger charge is -2.17. The number of carboxylic acids is 1. The molecular formula is C28H27ClF3NO5. The van der Waals surface area contributed by atoms with Crippen LogP contribution in [0.3, 0.4) is 0 Å². The van der Waals surface area contributed by atoms with Crippen LogP contribution in [0.15, 0.2) is 60.7 Å². The average Bonchev–Trinajstić information content (AvgIpc) is 2.86. The van der Waals surface area contributed by atoms with Gasteiger partial charge in [-0.2, -0.15) is 13.2 Å². The molecule has 10 heteroatoms. The number of carbonyl (C=O) groups excluding carboxylic acids is 1. The predicted octanol–water partition coefficient (Wildman–Crippen LogP) is 5.93. The Morgan fingerprint density at radius 3 is 2.45 bits per heavy atom. The number of halogens is 4. The largest absolute Gasteiger partial charge is 0.496 e. The lowest BCUT2D eigenvalue weighted by Crippen LogP contribution is -2.22. The van der Waals surface area contributed by atoms with Crippen LogP contribution in [0.1, 0.15) is 28.7 Å². The van der Waals surface area contributed by atoms with Crippen LogP contribution in [0.2, 0.25) is 5.02 Å². The Morgan fingerprint density at radius 1 is 0.974 bits per heavy atom. The third-order valence-corrected chi connectivity index (χ3v) is 5.94. The smallest absolute Gasteiger partial charge is 0.416 e. The highest BCUT2D eigenvalue weighted by Crippen LogP contribution is 2.37. The first-order valence-electron chi connectivity index (χ1n) is 11.8. The summed E-state index contributed by atoms with van der Waals surface area (Å²) in [6.07, 6.45) is -4.45. The lowest BCUT2D eigenvalue weighted by molar-refractivity contribution is -0.145. The Morgan fingerprint density at radius 2 is 1.76 bits per heavy atom. The van der Waals surface area contributed by atoms with Crippen LogP contribution < -0.4 is 10.1 Å². The molecule has 202 valence electrons. The zero-order valence-corrected chi connectivity index (χ0v) is 21.4. The number of aliphatic carboxylic acids is 1. The van der Waals surface area contributed by atoms with E-state index in [1.165, 1.54) is 13.2 Å². The highest BCUT2D eigenvalue weighted by atomic mass is 35.5. The molecule has 0 radical (unpaired) electrons. The van der Waals surface area contributed by atoms with Gasteiger partial charge in [-0.15, -0.1) is 0 Å². The second-order valence-electron chi connectivity index (χ2n) is 8.52. The maximum Gasteiger partial charge on any atom is 0.416 e. The summed E-state index contributed by atoms with van der Waals surface area (Å²) in [7, 11) is 1.44. The van der Waals surface area contributed by atoms with Crippen molar-refractivity contribution < 1.29 is 37.3 Å². The van der Waals surface area contributed by atoms with Gasteiger partial charge >= 0.3 is 18.1 Å². The maximum absolute atomic E-state index is 13.4. The van der Waals surface area contributed by atoms with Crippen molar-refractivity contribution in [2.24, 2.45) is 0 Å². The van der Waals surface area contributed by atoms with E-state index in [9.17, 15) is 22.8 Å². The summed E-state index contributed by atoms with van der Waals surface area (Å²) in [5.74, 6) is -1.03. The van der Waals surface area contributed by atoms with Gasteiger partial charge in [-0.3, -0.25) is 9.59 Å². The first kappa shape index (κ1) is 29.0. The zero-order valence-electron chi connectivity index (χ0n) is 20.6. The summed E-state index contributed by atoms with van der Waals surface area (Å²) >= 11 is 5.92. The van der Waals surface area contributed by atoms with Crippen molar-refractivity contribution in [1.82, 2.24) is 5.32 Å². The number of rotatable bonds is 12. The van der Waals surface area contributed by atoms with Crippen molar-refractivity contribution in [3.8, 4) is 16.9 Å². The second kappa shape index (κ2) is 13.3. The third kappa shape index (κ3) is 8.49. The Hall–Kier alpha value is -3.56. The van der Waals surface area contributed by atoms with Crippen molar-refractivity contribution in [2.75, 3.05) is 20.2 Å². The van der Waals surface area contributed by atoms with E-state index < -0.39 is 23.7 Å². The van der Waals surface area contributed by atoms with Gasteiger partial charge in [-0.1, -0.05) is 35.9 Å². The van der Waals surface area contributed by atoms with E-state index in [0.29, 0.717) is 39.6 Å². The van der Waals surface area contributed by atoms with E-state index in [0.717, 1.165) is 17.7 Å². The number of alkyl halides is 3. The molecule has 38 heavy (non-hydrogen) atoms. The Bertz CT molecular complexity index is 1280. The van der Waals surface area contributed by atoms with Gasteiger partial charge in [0.25, 0.3) is 0 Å². The van der Waals surface area contributed by atoms with Crippen LogP contribution >= 0.6 is 11.6 Å². The summed E-state index contributed by atoms with van der Waals surface area (Å²) < 4.78 is 50.9. The molecule has 3 aromatic rings. The molecule has 3 aromatic carbocycles. The Balaban J connectivity index is 1.67. The highest BCUT2D eigenvalue weighted by molar-refractivity contribution is 6.30. The van der Waals surface area contributed by atoms with E-state index in [-0.39, 0.29) is 32.4 Å². The van der Waals surface area contributed by atoms with Crippen molar-refractivity contribution in [3.05, 3.63) is 87.9 Å². The van der Waals surface area contributed by atoms with Crippen molar-refractivity contribution in [2.45, 2.75) is 32.0 Å². The van der Waals surface area contributed by atoms with Gasteiger partial charge in [0.1, 0.15) is 12.4 Å². The summed E-state index contributed by atoms with van der Waals surface area (Å²) in [6, 6.07) is 15.2. The molecule has 0 saturated carbocycles. The molecule has 0 aliphatic rings. The number of nitrogens with one attached hydrogen (secondary N) is 1. The van der Waals surface area contributed by atoms with E-state index in [1.807, 2.05) is 0 Å². The van der Waals surface area contributed by atoms with E-state index >= 15 is 0 Å². The number of esters is 1.